The van der Waals surface area contributed by atoms with Gasteiger partial charge in [0.2, 0.25) is 11.8 Å². The summed E-state index contributed by atoms with van der Waals surface area (Å²) in [6.45, 7) is 1.94. The van der Waals surface area contributed by atoms with Crippen molar-refractivity contribution in [2.45, 2.75) is 44.2 Å². The summed E-state index contributed by atoms with van der Waals surface area (Å²) in [4.78, 5) is 47.9. The van der Waals surface area contributed by atoms with Crippen LogP contribution in [-0.4, -0.2) is 52.7 Å². The van der Waals surface area contributed by atoms with E-state index in [2.05, 4.69) is 22.9 Å². The number of carbonyl (C=O) groups excluding carboxylic acids is 3. The number of carboxylic acid groups (broad SMARTS) is 1. The van der Waals surface area contributed by atoms with E-state index < -0.39 is 36.0 Å². The van der Waals surface area contributed by atoms with Gasteiger partial charge < -0.3 is 15.2 Å². The topological polar surface area (TPSA) is 125 Å². The Balaban J connectivity index is 1.36. The van der Waals surface area contributed by atoms with Gasteiger partial charge >= 0.3 is 12.1 Å². The van der Waals surface area contributed by atoms with Gasteiger partial charge in [-0.05, 0) is 28.7 Å². The number of rotatable bonds is 7. The number of hydrazine groups is 1. The van der Waals surface area contributed by atoms with Crippen LogP contribution in [0.5, 0.6) is 0 Å². The number of ether oxygens (including phenoxy) is 1. The van der Waals surface area contributed by atoms with Crippen LogP contribution in [0.1, 0.15) is 43.2 Å². The number of hydrogen-bond donors (Lipinski definition) is 3. The van der Waals surface area contributed by atoms with Crippen molar-refractivity contribution in [2.24, 2.45) is 0 Å². The molecular weight excluding hydrogens is 426 g/mol. The van der Waals surface area contributed by atoms with Crippen LogP contribution in [-0.2, 0) is 19.1 Å². The maximum atomic E-state index is 12.6. The lowest BCUT2D eigenvalue weighted by Gasteiger charge is -2.23. The van der Waals surface area contributed by atoms with Gasteiger partial charge in [0.1, 0.15) is 6.61 Å². The molecule has 1 saturated heterocycles. The zero-order valence-electron chi connectivity index (χ0n) is 18.1. The monoisotopic (exact) mass is 451 g/mol. The van der Waals surface area contributed by atoms with Crippen molar-refractivity contribution in [2.75, 3.05) is 6.61 Å². The molecule has 1 heterocycles. The smallest absolute Gasteiger partial charge is 0.407 e. The molecule has 2 aromatic rings. The SMILES string of the molecule is CC[C@@H](CC(=O)N1NC(=O)CC1C(=O)O)NC(=O)OCC1c2ccccc2-c2ccccc21. The second-order valence-corrected chi connectivity index (χ2v) is 8.14. The predicted molar refractivity (Wildman–Crippen MR) is 118 cm³/mol. The Morgan fingerprint density at radius 1 is 1.12 bits per heavy atom. The molecule has 2 atom stereocenters. The number of carboxylic acids is 1. The van der Waals surface area contributed by atoms with Crippen molar-refractivity contribution < 1.29 is 29.0 Å². The van der Waals surface area contributed by atoms with E-state index in [1.54, 1.807) is 6.92 Å². The number of amides is 3. The van der Waals surface area contributed by atoms with Gasteiger partial charge in [-0.1, -0.05) is 55.5 Å². The van der Waals surface area contributed by atoms with Crippen LogP contribution < -0.4 is 10.7 Å². The van der Waals surface area contributed by atoms with Gasteiger partial charge in [0.15, 0.2) is 6.04 Å². The molecule has 0 radical (unpaired) electrons. The molecule has 0 saturated carbocycles. The highest BCUT2D eigenvalue weighted by molar-refractivity contribution is 5.93. The Morgan fingerprint density at radius 2 is 1.73 bits per heavy atom. The summed E-state index contributed by atoms with van der Waals surface area (Å²) in [7, 11) is 0. The highest BCUT2D eigenvalue weighted by Gasteiger charge is 2.39. The van der Waals surface area contributed by atoms with E-state index in [0.29, 0.717) is 6.42 Å². The van der Waals surface area contributed by atoms with Crippen molar-refractivity contribution in [1.29, 1.82) is 0 Å². The van der Waals surface area contributed by atoms with Gasteiger partial charge in [0.25, 0.3) is 0 Å². The van der Waals surface area contributed by atoms with E-state index in [1.165, 1.54) is 0 Å². The minimum Gasteiger partial charge on any atom is -0.480 e. The molecule has 172 valence electrons. The Labute approximate surface area is 190 Å². The lowest BCUT2D eigenvalue weighted by Crippen LogP contribution is -2.49. The molecule has 3 amide bonds. The fourth-order valence-corrected chi connectivity index (χ4v) is 4.37. The average Bonchev–Trinajstić information content (AvgIpc) is 3.35. The lowest BCUT2D eigenvalue weighted by atomic mass is 9.98. The number of nitrogens with one attached hydrogen (secondary N) is 2. The summed E-state index contributed by atoms with van der Waals surface area (Å²) < 4.78 is 5.52. The number of fused-ring (bicyclic) bond motifs is 3. The number of nitrogens with zero attached hydrogens (tertiary/aromatic N) is 1. The Morgan fingerprint density at radius 3 is 2.30 bits per heavy atom. The van der Waals surface area contributed by atoms with Crippen LogP contribution in [0.4, 0.5) is 4.79 Å². The molecule has 3 N–H and O–H groups in total. The van der Waals surface area contributed by atoms with Crippen molar-refractivity contribution in [3.63, 3.8) is 0 Å². The maximum Gasteiger partial charge on any atom is 0.407 e. The maximum absolute atomic E-state index is 12.6. The van der Waals surface area contributed by atoms with Crippen molar-refractivity contribution in [3.8, 4) is 11.1 Å². The fourth-order valence-electron chi connectivity index (χ4n) is 4.37. The normalized spacial score (nSPS) is 17.7. The number of alkyl carbamates (subject to hydrolysis) is 1. The molecule has 0 aromatic heterocycles. The molecule has 1 fully saturated rings. The summed E-state index contributed by atoms with van der Waals surface area (Å²) in [5.74, 6) is -2.47. The largest absolute Gasteiger partial charge is 0.480 e. The first kappa shape index (κ1) is 22.3. The predicted octanol–water partition coefficient (Wildman–Crippen LogP) is 2.41. The van der Waals surface area contributed by atoms with E-state index in [-0.39, 0.29) is 25.4 Å². The highest BCUT2D eigenvalue weighted by Crippen LogP contribution is 2.44. The summed E-state index contributed by atoms with van der Waals surface area (Å²) in [6.07, 6.45) is -0.686. The second kappa shape index (κ2) is 9.32. The van der Waals surface area contributed by atoms with Crippen LogP contribution >= 0.6 is 0 Å². The standard InChI is InChI=1S/C24H25N3O6/c1-2-14(11-22(29)27-20(23(30)31)12-21(28)26-27)25-24(32)33-13-19-17-9-5-3-7-15(17)16-8-4-6-10-18(16)19/h3-10,14,19-20H,2,11-13H2,1H3,(H,25,32)(H,26,28)(H,30,31)/t14-,20?/m0/s1. The van der Waals surface area contributed by atoms with Crippen LogP contribution in [0.25, 0.3) is 11.1 Å². The molecule has 4 rings (SSSR count). The molecule has 1 aliphatic carbocycles. The molecule has 9 nitrogen and oxygen atoms in total. The van der Waals surface area contributed by atoms with Crippen molar-refractivity contribution >= 4 is 23.9 Å². The Hall–Kier alpha value is -3.88. The molecular formula is C24H25N3O6. The quantitative estimate of drug-likeness (QED) is 0.594. The molecule has 9 heteroatoms. The number of hydrogen-bond acceptors (Lipinski definition) is 5. The number of aliphatic carboxylic acids is 1. The van der Waals surface area contributed by atoms with E-state index >= 15 is 0 Å². The zero-order chi connectivity index (χ0) is 23.5. The number of carbonyl (C=O) groups is 4. The minimum atomic E-state index is -1.26. The van der Waals surface area contributed by atoms with Crippen LogP contribution in [0, 0.1) is 0 Å². The highest BCUT2D eigenvalue weighted by atomic mass is 16.5. The lowest BCUT2D eigenvalue weighted by molar-refractivity contribution is -0.150. The van der Waals surface area contributed by atoms with Crippen LogP contribution in [0.2, 0.25) is 0 Å². The zero-order valence-corrected chi connectivity index (χ0v) is 18.1. The van der Waals surface area contributed by atoms with E-state index in [1.807, 2.05) is 36.4 Å². The summed E-state index contributed by atoms with van der Waals surface area (Å²) in [5.41, 5.74) is 6.71. The first-order valence-electron chi connectivity index (χ1n) is 10.8. The second-order valence-electron chi connectivity index (χ2n) is 8.14. The van der Waals surface area contributed by atoms with E-state index in [9.17, 15) is 24.3 Å². The first-order valence-corrected chi connectivity index (χ1v) is 10.8. The van der Waals surface area contributed by atoms with Gasteiger partial charge in [-0.15, -0.1) is 0 Å². The summed E-state index contributed by atoms with van der Waals surface area (Å²) in [6, 6.07) is 14.2. The van der Waals surface area contributed by atoms with Gasteiger partial charge in [-0.2, -0.15) is 0 Å². The van der Waals surface area contributed by atoms with Gasteiger partial charge in [-0.3, -0.25) is 15.0 Å². The van der Waals surface area contributed by atoms with Crippen molar-refractivity contribution in [3.05, 3.63) is 59.7 Å². The molecule has 0 spiro atoms. The van der Waals surface area contributed by atoms with Gasteiger partial charge in [-0.25, -0.2) is 14.6 Å². The molecule has 2 aromatic carbocycles. The van der Waals surface area contributed by atoms with E-state index in [4.69, 9.17) is 4.74 Å². The first-order chi connectivity index (χ1) is 15.9. The number of benzene rings is 2. The molecule has 2 aliphatic rings. The molecule has 1 aliphatic heterocycles. The third kappa shape index (κ3) is 4.52. The fraction of sp³-hybridized carbons (Fsp3) is 0.333. The van der Waals surface area contributed by atoms with Crippen LogP contribution in [0.3, 0.4) is 0 Å². The summed E-state index contributed by atoms with van der Waals surface area (Å²) in [5, 5.41) is 12.7. The average molecular weight is 451 g/mol. The molecule has 33 heavy (non-hydrogen) atoms. The van der Waals surface area contributed by atoms with Gasteiger partial charge in [0.05, 0.1) is 6.42 Å². The van der Waals surface area contributed by atoms with Crippen LogP contribution in [0.15, 0.2) is 48.5 Å². The molecule has 0 bridgehead atoms. The third-order valence-corrected chi connectivity index (χ3v) is 6.07. The summed E-state index contributed by atoms with van der Waals surface area (Å²) >= 11 is 0. The third-order valence-electron chi connectivity index (χ3n) is 6.07. The molecule has 1 unspecified atom stereocenters. The Kier molecular flexibility index (Phi) is 6.30. The van der Waals surface area contributed by atoms with Gasteiger partial charge in [0, 0.05) is 18.4 Å². The van der Waals surface area contributed by atoms with Crippen molar-refractivity contribution in [1.82, 2.24) is 15.8 Å². The minimum absolute atomic E-state index is 0.0824. The van der Waals surface area contributed by atoms with E-state index in [0.717, 1.165) is 27.3 Å². The Bertz CT molecular complexity index is 1060.